The summed E-state index contributed by atoms with van der Waals surface area (Å²) in [5, 5.41) is 12.2. The number of benzene rings is 2. The predicted octanol–water partition coefficient (Wildman–Crippen LogP) is 4.91. The SMILES string of the molecule is COc1ccccc1N(Cc1nnc2n1CCCCC2)C(=O)Nc1cccc(Cl)c1. The second kappa shape index (κ2) is 9.17. The van der Waals surface area contributed by atoms with E-state index in [-0.39, 0.29) is 12.6 Å². The highest BCUT2D eigenvalue weighted by molar-refractivity contribution is 6.30. The van der Waals surface area contributed by atoms with Crippen LogP contribution in [0.5, 0.6) is 5.75 Å². The molecule has 30 heavy (non-hydrogen) atoms. The van der Waals surface area contributed by atoms with Gasteiger partial charge in [0.1, 0.15) is 11.6 Å². The van der Waals surface area contributed by atoms with Crippen LogP contribution in [0, 0.1) is 0 Å². The number of hydrogen-bond donors (Lipinski definition) is 1. The van der Waals surface area contributed by atoms with Crippen LogP contribution in [0.4, 0.5) is 16.2 Å². The van der Waals surface area contributed by atoms with E-state index < -0.39 is 0 Å². The van der Waals surface area contributed by atoms with Crippen LogP contribution >= 0.6 is 11.6 Å². The zero-order valence-electron chi connectivity index (χ0n) is 16.8. The molecular weight excluding hydrogens is 402 g/mol. The molecule has 3 aromatic rings. The second-order valence-electron chi connectivity index (χ2n) is 7.19. The monoisotopic (exact) mass is 425 g/mol. The summed E-state index contributed by atoms with van der Waals surface area (Å²) in [5.74, 6) is 2.35. The molecular formula is C22H24ClN5O2. The number of nitrogens with one attached hydrogen (secondary N) is 1. The minimum Gasteiger partial charge on any atom is -0.495 e. The third-order valence-electron chi connectivity index (χ3n) is 5.18. The van der Waals surface area contributed by atoms with Gasteiger partial charge in [-0.2, -0.15) is 0 Å². The van der Waals surface area contributed by atoms with Crippen LogP contribution in [-0.2, 0) is 19.5 Å². The molecule has 0 saturated carbocycles. The molecule has 2 heterocycles. The number of aromatic nitrogens is 3. The van der Waals surface area contributed by atoms with E-state index >= 15 is 0 Å². The van der Waals surface area contributed by atoms with Crippen LogP contribution in [-0.4, -0.2) is 27.9 Å². The van der Waals surface area contributed by atoms with E-state index in [9.17, 15) is 4.79 Å². The number of rotatable bonds is 5. The molecule has 0 spiro atoms. The van der Waals surface area contributed by atoms with E-state index in [1.807, 2.05) is 24.3 Å². The van der Waals surface area contributed by atoms with Gasteiger partial charge in [0, 0.05) is 23.7 Å². The largest absolute Gasteiger partial charge is 0.495 e. The molecule has 0 atom stereocenters. The summed E-state index contributed by atoms with van der Waals surface area (Å²) in [7, 11) is 1.59. The van der Waals surface area contributed by atoms with Crippen molar-refractivity contribution in [3.63, 3.8) is 0 Å². The Morgan fingerprint density at radius 2 is 2.03 bits per heavy atom. The molecule has 0 radical (unpaired) electrons. The standard InChI is InChI=1S/C22H24ClN5O2/c1-30-19-11-5-4-10-18(19)28(22(29)24-17-9-7-8-16(23)14-17)15-21-26-25-20-12-3-2-6-13-27(20)21/h4-5,7-11,14H,2-3,6,12-13,15H2,1H3,(H,24,29). The van der Waals surface area contributed by atoms with Gasteiger partial charge < -0.3 is 14.6 Å². The summed E-state index contributed by atoms with van der Waals surface area (Å²) in [6.45, 7) is 1.15. The number of ether oxygens (including phenoxy) is 1. The lowest BCUT2D eigenvalue weighted by molar-refractivity contribution is 0.256. The van der Waals surface area contributed by atoms with E-state index in [1.165, 1.54) is 6.42 Å². The zero-order valence-corrected chi connectivity index (χ0v) is 17.6. The highest BCUT2D eigenvalue weighted by Crippen LogP contribution is 2.30. The fourth-order valence-electron chi connectivity index (χ4n) is 3.68. The van der Waals surface area contributed by atoms with Crippen LogP contribution in [0.3, 0.4) is 0 Å². The number of carbonyl (C=O) groups excluding carboxylic acids is 1. The molecule has 4 rings (SSSR count). The average Bonchev–Trinajstić information content (AvgIpc) is 2.97. The predicted molar refractivity (Wildman–Crippen MR) is 117 cm³/mol. The Kier molecular flexibility index (Phi) is 6.18. The molecule has 0 unspecified atom stereocenters. The van der Waals surface area contributed by atoms with E-state index in [0.717, 1.165) is 37.5 Å². The number of para-hydroxylation sites is 2. The fraction of sp³-hybridized carbons (Fsp3) is 0.318. The number of halogens is 1. The van der Waals surface area contributed by atoms with Crippen LogP contribution in [0.2, 0.25) is 5.02 Å². The number of urea groups is 1. The number of fused-ring (bicyclic) bond motifs is 1. The van der Waals surface area contributed by atoms with Crippen LogP contribution < -0.4 is 15.0 Å². The summed E-state index contributed by atoms with van der Waals surface area (Å²) in [4.78, 5) is 14.9. The Bertz CT molecular complexity index is 1040. The number of aryl methyl sites for hydroxylation is 1. The number of amides is 2. The highest BCUT2D eigenvalue weighted by Gasteiger charge is 2.24. The van der Waals surface area contributed by atoms with Gasteiger partial charge in [-0.15, -0.1) is 10.2 Å². The summed E-state index contributed by atoms with van der Waals surface area (Å²) >= 11 is 6.08. The maximum Gasteiger partial charge on any atom is 0.326 e. The first-order chi connectivity index (χ1) is 14.7. The zero-order chi connectivity index (χ0) is 20.9. The third kappa shape index (κ3) is 4.41. The van der Waals surface area contributed by atoms with E-state index in [2.05, 4.69) is 20.1 Å². The normalized spacial score (nSPS) is 13.3. The Morgan fingerprint density at radius 1 is 1.17 bits per heavy atom. The summed E-state index contributed by atoms with van der Waals surface area (Å²) < 4.78 is 7.65. The van der Waals surface area contributed by atoms with Gasteiger partial charge in [-0.25, -0.2) is 4.79 Å². The number of anilines is 2. The van der Waals surface area contributed by atoms with Gasteiger partial charge in [0.2, 0.25) is 0 Å². The van der Waals surface area contributed by atoms with Gasteiger partial charge in [0.05, 0.1) is 19.3 Å². The molecule has 8 heteroatoms. The maximum atomic E-state index is 13.3. The molecule has 1 N–H and O–H groups in total. The molecule has 156 valence electrons. The first-order valence-electron chi connectivity index (χ1n) is 10.0. The number of hydrogen-bond acceptors (Lipinski definition) is 4. The Hall–Kier alpha value is -3.06. The fourth-order valence-corrected chi connectivity index (χ4v) is 3.87. The quantitative estimate of drug-likeness (QED) is 0.630. The lowest BCUT2D eigenvalue weighted by Crippen LogP contribution is -2.35. The lowest BCUT2D eigenvalue weighted by Gasteiger charge is -2.25. The van der Waals surface area contributed by atoms with Crippen molar-refractivity contribution in [3.05, 3.63) is 65.2 Å². The van der Waals surface area contributed by atoms with Gasteiger partial charge in [-0.1, -0.05) is 36.2 Å². The van der Waals surface area contributed by atoms with Crippen LogP contribution in [0.15, 0.2) is 48.5 Å². The molecule has 2 amide bonds. The van der Waals surface area contributed by atoms with E-state index in [0.29, 0.717) is 22.1 Å². The van der Waals surface area contributed by atoms with Crippen LogP contribution in [0.1, 0.15) is 30.9 Å². The smallest absolute Gasteiger partial charge is 0.326 e. The molecule has 0 aliphatic carbocycles. The van der Waals surface area contributed by atoms with Gasteiger partial charge in [-0.3, -0.25) is 4.90 Å². The molecule has 7 nitrogen and oxygen atoms in total. The van der Waals surface area contributed by atoms with Crippen molar-refractivity contribution in [2.45, 2.75) is 38.8 Å². The Balaban J connectivity index is 1.67. The number of nitrogens with zero attached hydrogens (tertiary/aromatic N) is 4. The minimum atomic E-state index is -0.298. The van der Waals surface area contributed by atoms with Crippen molar-refractivity contribution in [3.8, 4) is 5.75 Å². The Morgan fingerprint density at radius 3 is 2.87 bits per heavy atom. The third-order valence-corrected chi connectivity index (χ3v) is 5.42. The molecule has 2 aromatic carbocycles. The molecule has 0 bridgehead atoms. The van der Waals surface area contributed by atoms with Crippen LogP contribution in [0.25, 0.3) is 0 Å². The van der Waals surface area contributed by atoms with Crippen molar-refractivity contribution in [2.75, 3.05) is 17.3 Å². The molecule has 1 aromatic heterocycles. The van der Waals surface area contributed by atoms with Crippen molar-refractivity contribution in [1.82, 2.24) is 14.8 Å². The number of methoxy groups -OCH3 is 1. The molecule has 1 aliphatic heterocycles. The second-order valence-corrected chi connectivity index (χ2v) is 7.63. The molecule has 0 saturated heterocycles. The van der Waals surface area contributed by atoms with Crippen molar-refractivity contribution >= 4 is 29.0 Å². The van der Waals surface area contributed by atoms with Crippen molar-refractivity contribution in [1.29, 1.82) is 0 Å². The molecule has 1 aliphatic rings. The first kappa shape index (κ1) is 20.2. The summed E-state index contributed by atoms with van der Waals surface area (Å²) in [6.07, 6.45) is 4.29. The summed E-state index contributed by atoms with van der Waals surface area (Å²) in [6, 6.07) is 14.2. The van der Waals surface area contributed by atoms with E-state index in [1.54, 1.807) is 36.3 Å². The molecule has 0 fully saturated rings. The summed E-state index contributed by atoms with van der Waals surface area (Å²) in [5.41, 5.74) is 1.28. The van der Waals surface area contributed by atoms with Gasteiger partial charge in [-0.05, 0) is 43.2 Å². The topological polar surface area (TPSA) is 72.3 Å². The minimum absolute atomic E-state index is 0.278. The number of carbonyl (C=O) groups is 1. The average molecular weight is 426 g/mol. The lowest BCUT2D eigenvalue weighted by atomic mass is 10.2. The van der Waals surface area contributed by atoms with Crippen molar-refractivity contribution in [2.24, 2.45) is 0 Å². The van der Waals surface area contributed by atoms with Gasteiger partial charge in [0.25, 0.3) is 0 Å². The first-order valence-corrected chi connectivity index (χ1v) is 10.4. The van der Waals surface area contributed by atoms with Gasteiger partial charge >= 0.3 is 6.03 Å². The Labute approximate surface area is 180 Å². The van der Waals surface area contributed by atoms with Gasteiger partial charge in [0.15, 0.2) is 5.82 Å². The van der Waals surface area contributed by atoms with Crippen molar-refractivity contribution < 1.29 is 9.53 Å². The van der Waals surface area contributed by atoms with E-state index in [4.69, 9.17) is 16.3 Å². The maximum absolute atomic E-state index is 13.3. The highest BCUT2D eigenvalue weighted by atomic mass is 35.5.